The molecule has 1 atom stereocenters. The summed E-state index contributed by atoms with van der Waals surface area (Å²) < 4.78 is 23.4. The monoisotopic (exact) mass is 596 g/mol. The van der Waals surface area contributed by atoms with Crippen molar-refractivity contribution in [3.8, 4) is 17.1 Å². The van der Waals surface area contributed by atoms with Gasteiger partial charge in [-0.3, -0.25) is 9.69 Å². The van der Waals surface area contributed by atoms with E-state index in [1.165, 1.54) is 25.0 Å². The minimum absolute atomic E-state index is 0.0264. The molecule has 0 spiro atoms. The van der Waals surface area contributed by atoms with Crippen LogP contribution < -0.4 is 9.64 Å². The molecule has 0 aliphatic carbocycles. The number of carbonyl (C=O) groups excluding carboxylic acids is 1. The number of aromatic nitrogens is 2. The van der Waals surface area contributed by atoms with Crippen LogP contribution in [-0.4, -0.2) is 83.1 Å². The maximum absolute atomic E-state index is 16.0. The molecule has 10 heteroatoms. The number of halogens is 1. The van der Waals surface area contributed by atoms with Crippen molar-refractivity contribution in [3.63, 3.8) is 0 Å². The molecule has 7 rings (SSSR count). The van der Waals surface area contributed by atoms with Crippen LogP contribution >= 0.6 is 11.3 Å². The fourth-order valence-electron chi connectivity index (χ4n) is 7.21. The van der Waals surface area contributed by atoms with Crippen molar-refractivity contribution in [1.29, 1.82) is 0 Å². The Hall–Kier alpha value is -4.07. The van der Waals surface area contributed by atoms with E-state index in [1.54, 1.807) is 22.3 Å². The van der Waals surface area contributed by atoms with Gasteiger partial charge < -0.3 is 19.4 Å². The fraction of sp³-hybridized carbons (Fsp3) is 0.394. The lowest BCUT2D eigenvalue weighted by atomic mass is 9.95. The number of rotatable bonds is 7. The molecule has 0 radical (unpaired) electrons. The number of thiophene rings is 1. The minimum Gasteiger partial charge on any atom is -0.461 e. The molecule has 0 saturated carbocycles. The number of nitrogens with zero attached hydrogens (tertiary/aromatic N) is 6. The van der Waals surface area contributed by atoms with E-state index in [2.05, 4.69) is 16.3 Å². The fourth-order valence-corrected chi connectivity index (χ4v) is 8.13. The lowest BCUT2D eigenvalue weighted by Crippen LogP contribution is -2.56. The number of hydrogen-bond donors (Lipinski definition) is 0. The van der Waals surface area contributed by atoms with Crippen LogP contribution in [0.3, 0.4) is 0 Å². The Labute approximate surface area is 254 Å². The third-order valence-corrected chi connectivity index (χ3v) is 10.3. The van der Waals surface area contributed by atoms with Gasteiger partial charge in [0.2, 0.25) is 12.5 Å². The first-order valence-corrected chi connectivity index (χ1v) is 15.7. The van der Waals surface area contributed by atoms with Crippen LogP contribution in [0.2, 0.25) is 0 Å². The largest absolute Gasteiger partial charge is 0.461 e. The van der Waals surface area contributed by atoms with E-state index in [9.17, 15) is 4.79 Å². The van der Waals surface area contributed by atoms with Crippen molar-refractivity contribution in [2.45, 2.75) is 37.3 Å². The Bertz CT molecular complexity index is 1760. The van der Waals surface area contributed by atoms with Gasteiger partial charge >= 0.3 is 6.01 Å². The molecule has 3 aliphatic heterocycles. The number of fused-ring (bicyclic) bond motifs is 3. The summed E-state index contributed by atoms with van der Waals surface area (Å²) in [6, 6.07) is 11.2. The van der Waals surface area contributed by atoms with Crippen LogP contribution in [0.25, 0.3) is 37.0 Å². The van der Waals surface area contributed by atoms with Gasteiger partial charge in [0, 0.05) is 40.8 Å². The summed E-state index contributed by atoms with van der Waals surface area (Å²) in [5.74, 6) is 0.0180. The van der Waals surface area contributed by atoms with E-state index in [1.807, 2.05) is 34.5 Å². The molecule has 8 nitrogen and oxygen atoms in total. The van der Waals surface area contributed by atoms with Gasteiger partial charge in [-0.2, -0.15) is 9.97 Å². The average molecular weight is 597 g/mol. The van der Waals surface area contributed by atoms with Crippen LogP contribution in [-0.2, 0) is 4.79 Å². The first-order valence-electron chi connectivity index (χ1n) is 14.9. The van der Waals surface area contributed by atoms with Crippen LogP contribution in [0, 0.1) is 12.4 Å². The number of amides is 1. The number of carbonyl (C=O) groups is 1. The second-order valence-electron chi connectivity index (χ2n) is 11.7. The lowest BCUT2D eigenvalue weighted by Gasteiger charge is -2.39. The Morgan fingerprint density at radius 2 is 2.00 bits per heavy atom. The molecule has 3 fully saturated rings. The van der Waals surface area contributed by atoms with Gasteiger partial charge in [0.05, 0.1) is 11.1 Å². The van der Waals surface area contributed by atoms with Crippen molar-refractivity contribution in [1.82, 2.24) is 19.8 Å². The lowest BCUT2D eigenvalue weighted by molar-refractivity contribution is -0.128. The number of piperazine rings is 1. The SMILES string of the molecule is [C-]#[N+]C[C@H]1CN(c2nc(OCC34CCCN3CCC4)nc3cc(-c4cccc5ccsc45)c(F)cc23)CCN1C(=O)C=C. The zero-order valence-electron chi connectivity index (χ0n) is 24.0. The van der Waals surface area contributed by atoms with Gasteiger partial charge in [-0.1, -0.05) is 24.8 Å². The Balaban J connectivity index is 1.31. The maximum atomic E-state index is 16.0. The third-order valence-electron chi connectivity index (χ3n) is 9.34. The van der Waals surface area contributed by atoms with Crippen molar-refractivity contribution in [3.05, 3.63) is 71.7 Å². The molecule has 3 aliphatic rings. The molecular weight excluding hydrogens is 563 g/mol. The standard InChI is InChI=1S/C33H33FN6O2S/c1-3-29(41)40-15-14-38(20-23(40)19-35-2)31-26-17-27(34)25(24-8-4-7-22-9-16-43-30(22)24)18-28(26)36-32(37-31)42-21-33-10-5-12-39(33)13-6-11-33/h3-4,7-9,16-18,23H,1,5-6,10-15,19-21H2/t23-/m0/s1. The summed E-state index contributed by atoms with van der Waals surface area (Å²) in [5.41, 5.74) is 1.94. The summed E-state index contributed by atoms with van der Waals surface area (Å²) in [5, 5.41) is 3.67. The summed E-state index contributed by atoms with van der Waals surface area (Å²) in [6.45, 7) is 15.3. The van der Waals surface area contributed by atoms with Gasteiger partial charge in [0.25, 0.3) is 0 Å². The number of anilines is 1. The predicted molar refractivity (Wildman–Crippen MR) is 168 cm³/mol. The first kappa shape index (κ1) is 27.7. The zero-order chi connectivity index (χ0) is 29.6. The van der Waals surface area contributed by atoms with Crippen LogP contribution in [0.1, 0.15) is 25.7 Å². The molecule has 0 unspecified atom stereocenters. The second kappa shape index (κ2) is 11.2. The molecule has 4 aromatic rings. The Morgan fingerprint density at radius 3 is 2.79 bits per heavy atom. The Morgan fingerprint density at radius 1 is 1.16 bits per heavy atom. The molecule has 3 saturated heterocycles. The van der Waals surface area contributed by atoms with Crippen molar-refractivity contribution >= 4 is 44.1 Å². The molecule has 1 amide bonds. The van der Waals surface area contributed by atoms with E-state index in [4.69, 9.17) is 21.3 Å². The summed E-state index contributed by atoms with van der Waals surface area (Å²) in [7, 11) is 0. The second-order valence-corrected chi connectivity index (χ2v) is 12.6. The topological polar surface area (TPSA) is 66.2 Å². The van der Waals surface area contributed by atoms with E-state index in [0.29, 0.717) is 48.5 Å². The molecular formula is C33H33FN6O2S. The van der Waals surface area contributed by atoms with Gasteiger partial charge in [-0.25, -0.2) is 11.0 Å². The first-order chi connectivity index (χ1) is 21.0. The van der Waals surface area contributed by atoms with E-state index in [0.717, 1.165) is 41.6 Å². The van der Waals surface area contributed by atoms with Crippen molar-refractivity contribution in [2.24, 2.45) is 0 Å². The average Bonchev–Trinajstić information content (AvgIpc) is 3.75. The maximum Gasteiger partial charge on any atom is 0.319 e. The molecule has 5 heterocycles. The van der Waals surface area contributed by atoms with Crippen molar-refractivity contribution in [2.75, 3.05) is 50.8 Å². The zero-order valence-corrected chi connectivity index (χ0v) is 24.8. The molecule has 0 bridgehead atoms. The highest BCUT2D eigenvalue weighted by atomic mass is 32.1. The van der Waals surface area contributed by atoms with E-state index in [-0.39, 0.29) is 35.9 Å². The van der Waals surface area contributed by atoms with Gasteiger partial charge in [-0.05, 0) is 73.8 Å². The van der Waals surface area contributed by atoms with E-state index < -0.39 is 0 Å². The molecule has 43 heavy (non-hydrogen) atoms. The van der Waals surface area contributed by atoms with Crippen LogP contribution in [0.15, 0.2) is 54.4 Å². The van der Waals surface area contributed by atoms with Gasteiger partial charge in [0.1, 0.15) is 24.3 Å². The van der Waals surface area contributed by atoms with E-state index >= 15 is 4.39 Å². The number of benzene rings is 2. The number of hydrogen-bond acceptors (Lipinski definition) is 7. The molecule has 2 aromatic heterocycles. The summed E-state index contributed by atoms with van der Waals surface area (Å²) in [6.07, 6.45) is 5.83. The normalized spacial score (nSPS) is 20.0. The van der Waals surface area contributed by atoms with Gasteiger partial charge in [0.15, 0.2) is 0 Å². The highest BCUT2D eigenvalue weighted by Crippen LogP contribution is 2.40. The van der Waals surface area contributed by atoms with Crippen LogP contribution in [0.5, 0.6) is 6.01 Å². The smallest absolute Gasteiger partial charge is 0.319 e. The van der Waals surface area contributed by atoms with Gasteiger partial charge in [-0.15, -0.1) is 11.3 Å². The summed E-state index contributed by atoms with van der Waals surface area (Å²) >= 11 is 1.59. The van der Waals surface area contributed by atoms with Crippen molar-refractivity contribution < 1.29 is 13.9 Å². The summed E-state index contributed by atoms with van der Waals surface area (Å²) in [4.78, 5) is 32.1. The minimum atomic E-state index is -0.350. The molecule has 2 aromatic carbocycles. The highest BCUT2D eigenvalue weighted by Gasteiger charge is 2.45. The molecule has 0 N–H and O–H groups in total. The highest BCUT2D eigenvalue weighted by molar-refractivity contribution is 7.17. The predicted octanol–water partition coefficient (Wildman–Crippen LogP) is 5.78. The quantitative estimate of drug-likeness (QED) is 0.199. The molecule has 220 valence electrons. The third kappa shape index (κ3) is 4.90. The Kier molecular flexibility index (Phi) is 7.23. The number of ether oxygens (including phenoxy) is 1. The van der Waals surface area contributed by atoms with Crippen LogP contribution in [0.4, 0.5) is 10.2 Å².